The topological polar surface area (TPSA) is 43.8 Å². The highest BCUT2D eigenvalue weighted by atomic mass is 19.4. The smallest absolute Gasteiger partial charge is 0.395 e. The van der Waals surface area contributed by atoms with Crippen LogP contribution in [0, 0.1) is 0 Å². The Morgan fingerprint density at radius 3 is 2.24 bits per heavy atom. The lowest BCUT2D eigenvalue weighted by Crippen LogP contribution is -2.09. The minimum atomic E-state index is -4.53. The van der Waals surface area contributed by atoms with Crippen LogP contribution in [-0.4, -0.2) is 9.78 Å². The molecule has 0 saturated carbocycles. The van der Waals surface area contributed by atoms with Gasteiger partial charge >= 0.3 is 6.18 Å². The summed E-state index contributed by atoms with van der Waals surface area (Å²) in [6, 6.07) is 8.62. The Labute approximate surface area is 95.7 Å². The van der Waals surface area contributed by atoms with Crippen molar-refractivity contribution < 1.29 is 13.2 Å². The zero-order chi connectivity index (χ0) is 12.6. The van der Waals surface area contributed by atoms with Gasteiger partial charge in [-0.2, -0.15) is 18.3 Å². The van der Waals surface area contributed by atoms with E-state index in [-0.39, 0.29) is 11.4 Å². The van der Waals surface area contributed by atoms with Crippen molar-refractivity contribution in [2.45, 2.75) is 6.18 Å². The first kappa shape index (κ1) is 11.5. The van der Waals surface area contributed by atoms with Gasteiger partial charge < -0.3 is 5.73 Å². The Morgan fingerprint density at radius 2 is 1.76 bits per heavy atom. The van der Waals surface area contributed by atoms with E-state index in [9.17, 15) is 13.2 Å². The summed E-state index contributed by atoms with van der Waals surface area (Å²) in [7, 11) is 1.44. The summed E-state index contributed by atoms with van der Waals surface area (Å²) >= 11 is 0. The normalized spacial score (nSPS) is 11.8. The van der Waals surface area contributed by atoms with Crippen LogP contribution in [0.1, 0.15) is 5.69 Å². The zero-order valence-electron chi connectivity index (χ0n) is 8.99. The minimum Gasteiger partial charge on any atom is -0.395 e. The van der Waals surface area contributed by atoms with E-state index in [1.807, 2.05) is 0 Å². The number of alkyl halides is 3. The number of nitrogens with zero attached hydrogens (tertiary/aromatic N) is 2. The molecule has 0 aliphatic rings. The van der Waals surface area contributed by atoms with Gasteiger partial charge in [0.2, 0.25) is 0 Å². The Kier molecular flexibility index (Phi) is 2.57. The molecule has 2 rings (SSSR count). The summed E-state index contributed by atoms with van der Waals surface area (Å²) in [6.07, 6.45) is -4.53. The van der Waals surface area contributed by atoms with E-state index >= 15 is 0 Å². The van der Waals surface area contributed by atoms with Crippen LogP contribution in [0.3, 0.4) is 0 Å². The molecule has 2 aromatic rings. The molecule has 2 N–H and O–H groups in total. The molecule has 0 amide bonds. The summed E-state index contributed by atoms with van der Waals surface area (Å²) in [5, 5.41) is 3.42. The molecule has 0 atom stereocenters. The van der Waals surface area contributed by atoms with Crippen LogP contribution in [0.5, 0.6) is 0 Å². The molecule has 6 heteroatoms. The first-order valence-corrected chi connectivity index (χ1v) is 4.86. The number of benzene rings is 1. The number of aryl methyl sites for hydroxylation is 1. The molecule has 0 aliphatic heterocycles. The van der Waals surface area contributed by atoms with Crippen LogP contribution in [0.4, 0.5) is 18.9 Å². The van der Waals surface area contributed by atoms with Crippen molar-refractivity contribution in [1.82, 2.24) is 9.78 Å². The van der Waals surface area contributed by atoms with E-state index in [1.54, 1.807) is 30.3 Å². The first-order valence-electron chi connectivity index (χ1n) is 4.86. The summed E-state index contributed by atoms with van der Waals surface area (Å²) in [6.45, 7) is 0. The lowest BCUT2D eigenvalue weighted by Gasteiger charge is -2.04. The number of halogens is 3. The van der Waals surface area contributed by atoms with Crippen molar-refractivity contribution in [3.63, 3.8) is 0 Å². The summed E-state index contributed by atoms with van der Waals surface area (Å²) in [5.41, 5.74) is 5.02. The number of nitrogen functional groups attached to an aromatic ring is 1. The molecule has 0 saturated heterocycles. The first-order chi connectivity index (χ1) is 7.91. The second kappa shape index (κ2) is 3.80. The fraction of sp³-hybridized carbons (Fsp3) is 0.182. The Bertz CT molecular complexity index is 529. The molecule has 1 aromatic heterocycles. The van der Waals surface area contributed by atoms with Crippen LogP contribution >= 0.6 is 0 Å². The predicted octanol–water partition coefficient (Wildman–Crippen LogP) is 2.69. The number of rotatable bonds is 1. The third kappa shape index (κ3) is 1.98. The van der Waals surface area contributed by atoms with E-state index in [4.69, 9.17) is 5.73 Å². The van der Waals surface area contributed by atoms with Crippen molar-refractivity contribution in [3.05, 3.63) is 36.0 Å². The highest BCUT2D eigenvalue weighted by Gasteiger charge is 2.38. The van der Waals surface area contributed by atoms with Gasteiger partial charge in [0, 0.05) is 12.6 Å². The third-order valence-corrected chi connectivity index (χ3v) is 2.40. The lowest BCUT2D eigenvalue weighted by atomic mass is 10.1. The van der Waals surface area contributed by atoms with Crippen LogP contribution < -0.4 is 5.73 Å². The van der Waals surface area contributed by atoms with Gasteiger partial charge in [0.05, 0.1) is 11.4 Å². The van der Waals surface area contributed by atoms with E-state index in [0.717, 1.165) is 4.68 Å². The number of hydrogen-bond acceptors (Lipinski definition) is 2. The Hall–Kier alpha value is -1.98. The molecule has 0 bridgehead atoms. The molecule has 3 nitrogen and oxygen atoms in total. The van der Waals surface area contributed by atoms with Gasteiger partial charge in [0.1, 0.15) is 0 Å². The van der Waals surface area contributed by atoms with Crippen molar-refractivity contribution >= 4 is 5.69 Å². The molecule has 17 heavy (non-hydrogen) atoms. The Balaban J connectivity index is 2.61. The SMILES string of the molecule is Cn1nc(C(F)(F)F)c(N)c1-c1ccccc1. The number of anilines is 1. The second-order valence-electron chi connectivity index (χ2n) is 3.60. The maximum absolute atomic E-state index is 12.6. The zero-order valence-corrected chi connectivity index (χ0v) is 8.99. The molecular formula is C11H10F3N3. The average Bonchev–Trinajstić information content (AvgIpc) is 2.55. The van der Waals surface area contributed by atoms with Gasteiger partial charge in [-0.1, -0.05) is 30.3 Å². The second-order valence-corrected chi connectivity index (χ2v) is 3.60. The van der Waals surface area contributed by atoms with Gasteiger partial charge in [0.25, 0.3) is 0 Å². The summed E-state index contributed by atoms with van der Waals surface area (Å²) < 4.78 is 39.0. The van der Waals surface area contributed by atoms with E-state index < -0.39 is 11.9 Å². The molecule has 1 aromatic carbocycles. The average molecular weight is 241 g/mol. The van der Waals surface area contributed by atoms with Gasteiger partial charge in [-0.05, 0) is 0 Å². The van der Waals surface area contributed by atoms with Crippen LogP contribution in [0.15, 0.2) is 30.3 Å². The monoisotopic (exact) mass is 241 g/mol. The van der Waals surface area contributed by atoms with Gasteiger partial charge in [0.15, 0.2) is 5.69 Å². The predicted molar refractivity (Wildman–Crippen MR) is 58.1 cm³/mol. The summed E-state index contributed by atoms with van der Waals surface area (Å²) in [4.78, 5) is 0. The van der Waals surface area contributed by atoms with Crippen molar-refractivity contribution in [2.24, 2.45) is 7.05 Å². The maximum atomic E-state index is 12.6. The minimum absolute atomic E-state index is 0.276. The number of aromatic nitrogens is 2. The lowest BCUT2D eigenvalue weighted by molar-refractivity contribution is -0.140. The number of hydrogen-bond donors (Lipinski definition) is 1. The van der Waals surface area contributed by atoms with Gasteiger partial charge in [-0.15, -0.1) is 0 Å². The third-order valence-electron chi connectivity index (χ3n) is 2.40. The molecule has 90 valence electrons. The van der Waals surface area contributed by atoms with Gasteiger partial charge in [-0.3, -0.25) is 4.68 Å². The van der Waals surface area contributed by atoms with Crippen LogP contribution in [-0.2, 0) is 13.2 Å². The molecule has 0 radical (unpaired) electrons. The van der Waals surface area contributed by atoms with Crippen LogP contribution in [0.2, 0.25) is 0 Å². The molecular weight excluding hydrogens is 231 g/mol. The highest BCUT2D eigenvalue weighted by Crippen LogP contribution is 2.37. The largest absolute Gasteiger partial charge is 0.437 e. The van der Waals surface area contributed by atoms with Crippen molar-refractivity contribution in [2.75, 3.05) is 5.73 Å². The molecule has 0 unspecified atom stereocenters. The fourth-order valence-electron chi connectivity index (χ4n) is 1.69. The van der Waals surface area contributed by atoms with Crippen molar-refractivity contribution in [3.8, 4) is 11.3 Å². The maximum Gasteiger partial charge on any atom is 0.437 e. The standard InChI is InChI=1S/C11H10F3N3/c1-17-9(7-5-3-2-4-6-7)8(15)10(16-17)11(12,13)14/h2-6H,15H2,1H3. The quantitative estimate of drug-likeness (QED) is 0.834. The molecule has 0 fully saturated rings. The Morgan fingerprint density at radius 1 is 1.18 bits per heavy atom. The van der Waals surface area contributed by atoms with Gasteiger partial charge in [-0.25, -0.2) is 0 Å². The summed E-state index contributed by atoms with van der Waals surface area (Å²) in [5.74, 6) is 0. The van der Waals surface area contributed by atoms with Crippen molar-refractivity contribution in [1.29, 1.82) is 0 Å². The van der Waals surface area contributed by atoms with Crippen LogP contribution in [0.25, 0.3) is 11.3 Å². The number of nitrogens with two attached hydrogens (primary N) is 1. The van der Waals surface area contributed by atoms with E-state index in [2.05, 4.69) is 5.10 Å². The van der Waals surface area contributed by atoms with E-state index in [1.165, 1.54) is 7.05 Å². The molecule has 1 heterocycles. The highest BCUT2D eigenvalue weighted by molar-refractivity contribution is 5.75. The molecule has 0 spiro atoms. The molecule has 0 aliphatic carbocycles. The fourth-order valence-corrected chi connectivity index (χ4v) is 1.69. The van der Waals surface area contributed by atoms with E-state index in [0.29, 0.717) is 5.56 Å².